The van der Waals surface area contributed by atoms with Crippen LogP contribution in [0.2, 0.25) is 0 Å². The summed E-state index contributed by atoms with van der Waals surface area (Å²) in [7, 11) is 0. The monoisotopic (exact) mass is 490 g/mol. The second kappa shape index (κ2) is 8.78. The quantitative estimate of drug-likeness (QED) is 0.210. The van der Waals surface area contributed by atoms with Crippen molar-refractivity contribution in [2.45, 2.75) is 40.2 Å². The number of hydrogen-bond acceptors (Lipinski definition) is 6. The summed E-state index contributed by atoms with van der Waals surface area (Å²) in [5, 5.41) is 6.11. The number of carbonyl (C=O) groups excluding carboxylic acids is 1. The molecule has 0 atom stereocenters. The maximum Gasteiger partial charge on any atom is 0.348 e. The van der Waals surface area contributed by atoms with Crippen molar-refractivity contribution in [2.75, 3.05) is 0 Å². The largest absolute Gasteiger partial charge is 0.457 e. The summed E-state index contributed by atoms with van der Waals surface area (Å²) >= 11 is 1.25. The van der Waals surface area contributed by atoms with E-state index in [4.69, 9.17) is 9.15 Å². The summed E-state index contributed by atoms with van der Waals surface area (Å²) in [6, 6.07) is 13.0. The molecule has 0 bridgehead atoms. The normalized spacial score (nSPS) is 11.6. The number of thiophene rings is 1. The number of esters is 1. The molecule has 0 saturated heterocycles. The first kappa shape index (κ1) is 23.0. The third-order valence-corrected chi connectivity index (χ3v) is 7.11. The lowest BCUT2D eigenvalue weighted by atomic mass is 9.95. The van der Waals surface area contributed by atoms with Crippen LogP contribution in [0.25, 0.3) is 26.9 Å². The van der Waals surface area contributed by atoms with Crippen LogP contribution in [0.3, 0.4) is 0 Å². The molecule has 0 N–H and O–H groups in total. The second-order valence-corrected chi connectivity index (χ2v) is 9.86. The highest BCUT2D eigenvalue weighted by molar-refractivity contribution is 7.20. The van der Waals surface area contributed by atoms with Gasteiger partial charge in [0.25, 0.3) is 0 Å². The SMILES string of the molecule is Cc1cc2oc(=O)cc(COC(=O)c3cc4c(C)nn(-c5ccc(F)cc5)c4s3)c2cc1C(C)C. The predicted molar refractivity (Wildman–Crippen MR) is 134 cm³/mol. The van der Waals surface area contributed by atoms with Crippen molar-refractivity contribution in [3.05, 3.63) is 92.0 Å². The zero-order valence-electron chi connectivity index (χ0n) is 19.7. The molecule has 0 unspecified atom stereocenters. The minimum atomic E-state index is -0.492. The number of rotatable bonds is 5. The molecule has 0 aliphatic rings. The van der Waals surface area contributed by atoms with Crippen LogP contribution in [0.1, 0.15) is 51.8 Å². The van der Waals surface area contributed by atoms with Crippen LogP contribution < -0.4 is 5.63 Å². The van der Waals surface area contributed by atoms with Crippen molar-refractivity contribution in [2.24, 2.45) is 0 Å². The molecular weight excluding hydrogens is 467 g/mol. The van der Waals surface area contributed by atoms with Gasteiger partial charge in [-0.1, -0.05) is 13.8 Å². The van der Waals surface area contributed by atoms with E-state index in [1.807, 2.05) is 26.0 Å². The highest BCUT2D eigenvalue weighted by Crippen LogP contribution is 2.32. The summed E-state index contributed by atoms with van der Waals surface area (Å²) in [6.45, 7) is 7.98. The molecule has 0 aliphatic heterocycles. The van der Waals surface area contributed by atoms with Gasteiger partial charge in [-0.05, 0) is 73.4 Å². The van der Waals surface area contributed by atoms with Crippen molar-refractivity contribution in [1.82, 2.24) is 9.78 Å². The Morgan fingerprint density at radius 2 is 1.86 bits per heavy atom. The number of halogens is 1. The lowest BCUT2D eigenvalue weighted by Gasteiger charge is -2.13. The van der Waals surface area contributed by atoms with E-state index < -0.39 is 11.6 Å². The van der Waals surface area contributed by atoms with E-state index in [2.05, 4.69) is 18.9 Å². The van der Waals surface area contributed by atoms with E-state index in [1.165, 1.54) is 29.5 Å². The lowest BCUT2D eigenvalue weighted by molar-refractivity contribution is 0.0479. The molecule has 0 radical (unpaired) electrons. The van der Waals surface area contributed by atoms with Crippen LogP contribution in [-0.4, -0.2) is 15.7 Å². The van der Waals surface area contributed by atoms with Crippen molar-refractivity contribution >= 4 is 38.5 Å². The molecule has 3 aromatic heterocycles. The Morgan fingerprint density at radius 3 is 2.57 bits per heavy atom. The van der Waals surface area contributed by atoms with Gasteiger partial charge in [-0.2, -0.15) is 5.10 Å². The molecule has 0 amide bonds. The molecule has 6 nitrogen and oxygen atoms in total. The van der Waals surface area contributed by atoms with Crippen molar-refractivity contribution in [3.8, 4) is 5.69 Å². The molecule has 0 fully saturated rings. The Balaban J connectivity index is 1.45. The molecular formula is C27H23FN2O4S. The van der Waals surface area contributed by atoms with Gasteiger partial charge in [0, 0.05) is 22.4 Å². The standard InChI is InChI=1S/C27H23FN2O4S/c1-14(2)20-11-22-17(10-25(31)34-23(22)9-15(20)3)13-33-27(32)24-12-21-16(4)29-30(26(21)35-24)19-7-5-18(28)6-8-19/h5-12,14H,13H2,1-4H3. The Hall–Kier alpha value is -3.78. The fourth-order valence-electron chi connectivity index (χ4n) is 4.25. The van der Waals surface area contributed by atoms with Crippen molar-refractivity contribution < 1.29 is 18.3 Å². The van der Waals surface area contributed by atoms with Gasteiger partial charge in [0.1, 0.15) is 27.7 Å². The van der Waals surface area contributed by atoms with Crippen LogP contribution in [-0.2, 0) is 11.3 Å². The number of nitrogens with zero attached hydrogens (tertiary/aromatic N) is 2. The maximum absolute atomic E-state index is 13.3. The highest BCUT2D eigenvalue weighted by atomic mass is 32.1. The van der Waals surface area contributed by atoms with Gasteiger partial charge in [-0.25, -0.2) is 18.7 Å². The topological polar surface area (TPSA) is 74.3 Å². The van der Waals surface area contributed by atoms with Crippen LogP contribution >= 0.6 is 11.3 Å². The van der Waals surface area contributed by atoms with E-state index in [-0.39, 0.29) is 12.4 Å². The number of aryl methyl sites for hydroxylation is 2. The summed E-state index contributed by atoms with van der Waals surface area (Å²) in [5.41, 5.74) is 4.22. The van der Waals surface area contributed by atoms with Crippen LogP contribution in [0.15, 0.2) is 57.7 Å². The lowest BCUT2D eigenvalue weighted by Crippen LogP contribution is -2.07. The molecule has 0 aliphatic carbocycles. The number of fused-ring (bicyclic) bond motifs is 2. The van der Waals surface area contributed by atoms with Crippen LogP contribution in [0, 0.1) is 19.7 Å². The highest BCUT2D eigenvalue weighted by Gasteiger charge is 2.19. The molecule has 5 aromatic rings. The number of benzene rings is 2. The molecule has 35 heavy (non-hydrogen) atoms. The zero-order chi connectivity index (χ0) is 24.9. The number of carbonyl (C=O) groups is 1. The number of hydrogen-bond donors (Lipinski definition) is 0. The average Bonchev–Trinajstić information content (AvgIpc) is 3.38. The Kier molecular flexibility index (Phi) is 5.76. The first-order valence-corrected chi connectivity index (χ1v) is 12.0. The smallest absolute Gasteiger partial charge is 0.348 e. The van der Waals surface area contributed by atoms with Gasteiger partial charge < -0.3 is 9.15 Å². The fraction of sp³-hybridized carbons (Fsp3) is 0.222. The Labute approximate surface area is 204 Å². The first-order chi connectivity index (χ1) is 16.7. The van der Waals surface area contributed by atoms with Gasteiger partial charge in [0.2, 0.25) is 0 Å². The van der Waals surface area contributed by atoms with E-state index in [0.29, 0.717) is 27.6 Å². The van der Waals surface area contributed by atoms with Crippen molar-refractivity contribution in [1.29, 1.82) is 0 Å². The molecule has 5 rings (SSSR count). The third-order valence-electron chi connectivity index (χ3n) is 6.01. The Bertz CT molecular complexity index is 1640. The summed E-state index contributed by atoms with van der Waals surface area (Å²) in [6.07, 6.45) is 0. The van der Waals surface area contributed by atoms with Crippen LogP contribution in [0.5, 0.6) is 0 Å². The van der Waals surface area contributed by atoms with Gasteiger partial charge in [-0.3, -0.25) is 0 Å². The minimum absolute atomic E-state index is 0.0567. The minimum Gasteiger partial charge on any atom is -0.457 e. The van der Waals surface area contributed by atoms with Gasteiger partial charge in [0.05, 0.1) is 11.4 Å². The summed E-state index contributed by atoms with van der Waals surface area (Å²) in [4.78, 5) is 26.3. The van der Waals surface area contributed by atoms with E-state index in [0.717, 1.165) is 32.4 Å². The molecule has 3 heterocycles. The van der Waals surface area contributed by atoms with Gasteiger partial charge in [0.15, 0.2) is 0 Å². The first-order valence-electron chi connectivity index (χ1n) is 11.2. The zero-order valence-corrected chi connectivity index (χ0v) is 20.5. The van der Waals surface area contributed by atoms with Gasteiger partial charge >= 0.3 is 11.6 Å². The van der Waals surface area contributed by atoms with E-state index in [9.17, 15) is 14.0 Å². The van der Waals surface area contributed by atoms with E-state index in [1.54, 1.807) is 22.9 Å². The maximum atomic E-state index is 13.3. The van der Waals surface area contributed by atoms with Gasteiger partial charge in [-0.15, -0.1) is 11.3 Å². The third kappa shape index (κ3) is 4.25. The molecule has 2 aromatic carbocycles. The average molecular weight is 491 g/mol. The predicted octanol–water partition coefficient (Wildman–Crippen LogP) is 6.43. The molecule has 0 saturated carbocycles. The number of aromatic nitrogens is 2. The second-order valence-electron chi connectivity index (χ2n) is 8.83. The number of ether oxygens (including phenoxy) is 1. The van der Waals surface area contributed by atoms with Crippen LogP contribution in [0.4, 0.5) is 4.39 Å². The van der Waals surface area contributed by atoms with E-state index >= 15 is 0 Å². The summed E-state index contributed by atoms with van der Waals surface area (Å²) < 4.78 is 26.0. The summed E-state index contributed by atoms with van der Waals surface area (Å²) in [5.74, 6) is -0.527. The fourth-order valence-corrected chi connectivity index (χ4v) is 5.33. The Morgan fingerprint density at radius 1 is 1.11 bits per heavy atom. The van der Waals surface area contributed by atoms with Crippen molar-refractivity contribution in [3.63, 3.8) is 0 Å². The molecule has 178 valence electrons. The molecule has 8 heteroatoms. The molecule has 0 spiro atoms.